The highest BCUT2D eigenvalue weighted by molar-refractivity contribution is 9.10. The molecule has 1 aromatic carbocycles. The number of hydrogen-bond acceptors (Lipinski definition) is 2. The first kappa shape index (κ1) is 13.1. The molecular weight excluding hydrogens is 275 g/mol. The number of carbonyl (C=O) groups is 1. The maximum absolute atomic E-state index is 12.8. The summed E-state index contributed by atoms with van der Waals surface area (Å²) >= 11 is 3.18. The normalized spacial score (nSPS) is 12.2. The average molecular weight is 289 g/mol. The van der Waals surface area contributed by atoms with Gasteiger partial charge in [0.25, 0.3) is 0 Å². The topological polar surface area (TPSA) is 55.1 Å². The van der Waals surface area contributed by atoms with Gasteiger partial charge in [-0.05, 0) is 47.5 Å². The van der Waals surface area contributed by atoms with Crippen molar-refractivity contribution in [1.82, 2.24) is 0 Å². The molecule has 0 aliphatic carbocycles. The summed E-state index contributed by atoms with van der Waals surface area (Å²) in [6.07, 6.45) is 0.992. The summed E-state index contributed by atoms with van der Waals surface area (Å²) in [7, 11) is 0. The predicted octanol–water partition coefficient (Wildman–Crippen LogP) is 2.65. The molecule has 0 fully saturated rings. The molecule has 0 spiro atoms. The first-order valence-corrected chi connectivity index (χ1v) is 5.79. The highest BCUT2D eigenvalue weighted by atomic mass is 79.9. The summed E-state index contributed by atoms with van der Waals surface area (Å²) in [5.41, 5.74) is 6.11. The Hall–Kier alpha value is -0.940. The third kappa shape index (κ3) is 4.28. The standard InChI is InChI=1S/C11H14BrFN2O/c1-7(14)2-5-11(16)15-10-4-3-8(13)6-9(10)12/h3-4,6-7H,2,5,14H2,1H3,(H,15,16). The summed E-state index contributed by atoms with van der Waals surface area (Å²) in [6, 6.07) is 4.12. The molecule has 5 heteroatoms. The Morgan fingerprint density at radius 2 is 2.31 bits per heavy atom. The van der Waals surface area contributed by atoms with Crippen molar-refractivity contribution in [3.63, 3.8) is 0 Å². The van der Waals surface area contributed by atoms with E-state index in [1.165, 1.54) is 18.2 Å². The van der Waals surface area contributed by atoms with Gasteiger partial charge >= 0.3 is 0 Å². The maximum Gasteiger partial charge on any atom is 0.224 e. The number of benzene rings is 1. The minimum absolute atomic E-state index is 0.00223. The summed E-state index contributed by atoms with van der Waals surface area (Å²) in [5, 5.41) is 2.68. The molecule has 1 unspecified atom stereocenters. The van der Waals surface area contributed by atoms with Gasteiger partial charge in [-0.15, -0.1) is 0 Å². The number of halogens is 2. The van der Waals surface area contributed by atoms with E-state index in [0.717, 1.165) is 0 Å². The van der Waals surface area contributed by atoms with Crippen molar-refractivity contribution in [1.29, 1.82) is 0 Å². The van der Waals surface area contributed by atoms with Crippen LogP contribution in [0.3, 0.4) is 0 Å². The first-order valence-electron chi connectivity index (χ1n) is 4.99. The number of nitrogens with one attached hydrogen (secondary N) is 1. The van der Waals surface area contributed by atoms with Crippen molar-refractivity contribution in [3.05, 3.63) is 28.5 Å². The van der Waals surface area contributed by atoms with E-state index in [2.05, 4.69) is 21.2 Å². The van der Waals surface area contributed by atoms with Crippen LogP contribution in [0.25, 0.3) is 0 Å². The Morgan fingerprint density at radius 1 is 1.62 bits per heavy atom. The zero-order chi connectivity index (χ0) is 12.1. The lowest BCUT2D eigenvalue weighted by atomic mass is 10.2. The maximum atomic E-state index is 12.8. The monoisotopic (exact) mass is 288 g/mol. The molecular formula is C11H14BrFN2O. The van der Waals surface area contributed by atoms with Crippen LogP contribution in [0, 0.1) is 5.82 Å². The highest BCUT2D eigenvalue weighted by Gasteiger charge is 2.07. The number of nitrogens with two attached hydrogens (primary N) is 1. The molecule has 0 aliphatic heterocycles. The van der Waals surface area contributed by atoms with Gasteiger partial charge in [0.05, 0.1) is 5.69 Å². The minimum Gasteiger partial charge on any atom is -0.328 e. The van der Waals surface area contributed by atoms with Gasteiger partial charge in [0.2, 0.25) is 5.91 Å². The average Bonchev–Trinajstić information content (AvgIpc) is 2.19. The van der Waals surface area contributed by atoms with E-state index in [1.807, 2.05) is 6.92 Å². The Balaban J connectivity index is 2.56. The van der Waals surface area contributed by atoms with Crippen LogP contribution in [0.15, 0.2) is 22.7 Å². The van der Waals surface area contributed by atoms with Crippen molar-refractivity contribution in [2.75, 3.05) is 5.32 Å². The van der Waals surface area contributed by atoms with Gasteiger partial charge in [-0.1, -0.05) is 0 Å². The van der Waals surface area contributed by atoms with Crippen molar-refractivity contribution in [3.8, 4) is 0 Å². The largest absolute Gasteiger partial charge is 0.328 e. The Kier molecular flexibility index (Phi) is 4.89. The fourth-order valence-corrected chi connectivity index (χ4v) is 1.61. The van der Waals surface area contributed by atoms with E-state index in [4.69, 9.17) is 5.73 Å². The van der Waals surface area contributed by atoms with Crippen LogP contribution in [-0.2, 0) is 4.79 Å². The second-order valence-corrected chi connectivity index (χ2v) is 4.54. The van der Waals surface area contributed by atoms with E-state index in [1.54, 1.807) is 0 Å². The molecule has 0 bridgehead atoms. The van der Waals surface area contributed by atoms with E-state index in [9.17, 15) is 9.18 Å². The third-order valence-electron chi connectivity index (χ3n) is 2.03. The van der Waals surface area contributed by atoms with Gasteiger partial charge in [-0.25, -0.2) is 4.39 Å². The lowest BCUT2D eigenvalue weighted by Gasteiger charge is -2.08. The Bertz CT molecular complexity index is 382. The van der Waals surface area contributed by atoms with Crippen molar-refractivity contribution >= 4 is 27.5 Å². The van der Waals surface area contributed by atoms with Crippen LogP contribution >= 0.6 is 15.9 Å². The van der Waals surface area contributed by atoms with E-state index in [-0.39, 0.29) is 17.8 Å². The first-order chi connectivity index (χ1) is 7.49. The molecule has 0 aromatic heterocycles. The zero-order valence-electron chi connectivity index (χ0n) is 8.97. The molecule has 0 radical (unpaired) electrons. The second kappa shape index (κ2) is 5.96. The van der Waals surface area contributed by atoms with Gasteiger partial charge < -0.3 is 11.1 Å². The molecule has 3 N–H and O–H groups in total. The molecule has 0 aliphatic rings. The summed E-state index contributed by atoms with van der Waals surface area (Å²) in [4.78, 5) is 11.5. The number of rotatable bonds is 4. The molecule has 1 atom stereocenters. The smallest absolute Gasteiger partial charge is 0.224 e. The number of amides is 1. The SMILES string of the molecule is CC(N)CCC(=O)Nc1ccc(F)cc1Br. The van der Waals surface area contributed by atoms with Gasteiger partial charge in [0, 0.05) is 16.9 Å². The number of hydrogen-bond donors (Lipinski definition) is 2. The minimum atomic E-state index is -0.347. The molecule has 88 valence electrons. The lowest BCUT2D eigenvalue weighted by Crippen LogP contribution is -2.19. The van der Waals surface area contributed by atoms with Crippen LogP contribution in [0.1, 0.15) is 19.8 Å². The van der Waals surface area contributed by atoms with Crippen LogP contribution < -0.4 is 11.1 Å². The molecule has 1 rings (SSSR count). The summed E-state index contributed by atoms with van der Waals surface area (Å²) < 4.78 is 13.3. The number of carbonyl (C=O) groups excluding carboxylic acids is 1. The van der Waals surface area contributed by atoms with Gasteiger partial charge in [-0.2, -0.15) is 0 Å². The molecule has 1 amide bonds. The molecule has 3 nitrogen and oxygen atoms in total. The zero-order valence-corrected chi connectivity index (χ0v) is 10.6. The van der Waals surface area contributed by atoms with Crippen molar-refractivity contribution in [2.45, 2.75) is 25.8 Å². The molecule has 0 saturated heterocycles. The fourth-order valence-electron chi connectivity index (χ4n) is 1.16. The summed E-state index contributed by atoms with van der Waals surface area (Å²) in [6.45, 7) is 1.85. The van der Waals surface area contributed by atoms with Crippen LogP contribution in [0.4, 0.5) is 10.1 Å². The van der Waals surface area contributed by atoms with Crippen LogP contribution in [0.2, 0.25) is 0 Å². The van der Waals surface area contributed by atoms with E-state index >= 15 is 0 Å². The third-order valence-corrected chi connectivity index (χ3v) is 2.69. The highest BCUT2D eigenvalue weighted by Crippen LogP contribution is 2.23. The van der Waals surface area contributed by atoms with E-state index in [0.29, 0.717) is 23.0 Å². The predicted molar refractivity (Wildman–Crippen MR) is 65.6 cm³/mol. The van der Waals surface area contributed by atoms with Gasteiger partial charge in [-0.3, -0.25) is 4.79 Å². The molecule has 0 heterocycles. The van der Waals surface area contributed by atoms with E-state index < -0.39 is 0 Å². The van der Waals surface area contributed by atoms with Gasteiger partial charge in [0.1, 0.15) is 5.82 Å². The lowest BCUT2D eigenvalue weighted by molar-refractivity contribution is -0.116. The van der Waals surface area contributed by atoms with Crippen molar-refractivity contribution < 1.29 is 9.18 Å². The molecule has 0 saturated carbocycles. The second-order valence-electron chi connectivity index (χ2n) is 3.69. The Morgan fingerprint density at radius 3 is 2.88 bits per heavy atom. The molecule has 1 aromatic rings. The fraction of sp³-hybridized carbons (Fsp3) is 0.364. The summed E-state index contributed by atoms with van der Waals surface area (Å²) in [5.74, 6) is -0.468. The quantitative estimate of drug-likeness (QED) is 0.895. The Labute approximate surface area is 102 Å². The van der Waals surface area contributed by atoms with Gasteiger partial charge in [0.15, 0.2) is 0 Å². The number of anilines is 1. The van der Waals surface area contributed by atoms with Crippen LogP contribution in [-0.4, -0.2) is 11.9 Å². The van der Waals surface area contributed by atoms with Crippen LogP contribution in [0.5, 0.6) is 0 Å². The van der Waals surface area contributed by atoms with Crippen molar-refractivity contribution in [2.24, 2.45) is 5.73 Å². The molecule has 16 heavy (non-hydrogen) atoms.